The molecule has 0 saturated heterocycles. The number of hydrogen-bond donors (Lipinski definition) is 0. The van der Waals surface area contributed by atoms with Gasteiger partial charge in [0.05, 0.1) is 0 Å². The van der Waals surface area contributed by atoms with E-state index in [4.69, 9.17) is 18.3 Å². The zero-order valence-electron chi connectivity index (χ0n) is 16.3. The third-order valence-electron chi connectivity index (χ3n) is 4.35. The Kier molecular flexibility index (Phi) is 5.30. The Hall–Kier alpha value is -3.94. The number of aryl methyl sites for hydroxylation is 1. The molecule has 0 amide bonds. The van der Waals surface area contributed by atoms with Gasteiger partial charge in [-0.15, -0.1) is 10.2 Å². The zero-order chi connectivity index (χ0) is 21.1. The van der Waals surface area contributed by atoms with Crippen LogP contribution < -0.4 is 10.4 Å². The molecular formula is C22H18N2O6. The predicted molar refractivity (Wildman–Crippen MR) is 107 cm³/mol. The number of benzene rings is 2. The topological polar surface area (TPSA) is 105 Å². The quantitative estimate of drug-likeness (QED) is 0.351. The van der Waals surface area contributed by atoms with E-state index < -0.39 is 17.7 Å². The summed E-state index contributed by atoms with van der Waals surface area (Å²) in [6.45, 7) is 3.29. The van der Waals surface area contributed by atoms with Crippen molar-refractivity contribution in [2.75, 3.05) is 6.61 Å². The van der Waals surface area contributed by atoms with Gasteiger partial charge in [-0.25, -0.2) is 9.59 Å². The summed E-state index contributed by atoms with van der Waals surface area (Å²) in [5.41, 5.74) is 1.81. The number of fused-ring (bicyclic) bond motifs is 1. The Bertz CT molecular complexity index is 1240. The molecule has 30 heavy (non-hydrogen) atoms. The lowest BCUT2D eigenvalue weighted by Crippen LogP contribution is -2.17. The van der Waals surface area contributed by atoms with Crippen LogP contribution in [0.2, 0.25) is 0 Å². The summed E-state index contributed by atoms with van der Waals surface area (Å²) in [5, 5.41) is 8.70. The van der Waals surface area contributed by atoms with Gasteiger partial charge >= 0.3 is 11.6 Å². The van der Waals surface area contributed by atoms with Crippen molar-refractivity contribution in [1.82, 2.24) is 10.2 Å². The molecule has 0 aliphatic heterocycles. The van der Waals surface area contributed by atoms with E-state index in [1.165, 1.54) is 6.07 Å². The maximum Gasteiger partial charge on any atom is 0.344 e. The first kappa shape index (κ1) is 19.4. The average Bonchev–Trinajstić information content (AvgIpc) is 3.23. The van der Waals surface area contributed by atoms with E-state index >= 15 is 0 Å². The maximum atomic E-state index is 12.1. The van der Waals surface area contributed by atoms with Gasteiger partial charge in [0, 0.05) is 23.1 Å². The van der Waals surface area contributed by atoms with E-state index in [9.17, 15) is 9.59 Å². The van der Waals surface area contributed by atoms with E-state index in [0.717, 1.165) is 16.5 Å². The van der Waals surface area contributed by atoms with Crippen LogP contribution in [0.5, 0.6) is 5.75 Å². The number of esters is 1. The Labute approximate surface area is 171 Å². The normalized spacial score (nSPS) is 11.9. The average molecular weight is 406 g/mol. The highest BCUT2D eigenvalue weighted by Gasteiger charge is 2.19. The fourth-order valence-corrected chi connectivity index (χ4v) is 2.77. The van der Waals surface area contributed by atoms with Crippen LogP contribution in [0.1, 0.15) is 24.5 Å². The van der Waals surface area contributed by atoms with Gasteiger partial charge < -0.3 is 18.3 Å². The van der Waals surface area contributed by atoms with E-state index in [1.807, 2.05) is 31.2 Å². The highest BCUT2D eigenvalue weighted by molar-refractivity contribution is 5.78. The standard InChI is InChI=1S/C22H18N2O6/c1-13-3-5-16(6-4-13)22-24-23-21(30-22)14(2)28-20(26)12-27-17-9-7-15-8-10-19(25)29-18(15)11-17/h3-11,14H,12H2,1-2H3. The molecule has 4 aromatic rings. The molecule has 0 aliphatic carbocycles. The van der Waals surface area contributed by atoms with Crippen LogP contribution in [0.4, 0.5) is 0 Å². The number of rotatable bonds is 6. The van der Waals surface area contributed by atoms with E-state index in [-0.39, 0.29) is 12.5 Å². The number of hydrogen-bond acceptors (Lipinski definition) is 8. The molecule has 0 spiro atoms. The van der Waals surface area contributed by atoms with Crippen molar-refractivity contribution in [3.63, 3.8) is 0 Å². The number of carbonyl (C=O) groups is 1. The highest BCUT2D eigenvalue weighted by Crippen LogP contribution is 2.23. The second-order valence-corrected chi connectivity index (χ2v) is 6.69. The van der Waals surface area contributed by atoms with Crippen molar-refractivity contribution in [3.8, 4) is 17.2 Å². The lowest BCUT2D eigenvalue weighted by Gasteiger charge is -2.10. The van der Waals surface area contributed by atoms with E-state index in [2.05, 4.69) is 10.2 Å². The Balaban J connectivity index is 1.36. The van der Waals surface area contributed by atoms with Crippen molar-refractivity contribution in [1.29, 1.82) is 0 Å². The predicted octanol–water partition coefficient (Wildman–Crippen LogP) is 3.83. The number of ether oxygens (including phenoxy) is 2. The number of nitrogens with zero attached hydrogens (tertiary/aromatic N) is 2. The molecule has 0 bridgehead atoms. The second kappa shape index (κ2) is 8.20. The highest BCUT2D eigenvalue weighted by atomic mass is 16.6. The summed E-state index contributed by atoms with van der Waals surface area (Å²) < 4.78 is 21.4. The van der Waals surface area contributed by atoms with Crippen LogP contribution in [0.15, 0.2) is 68.2 Å². The van der Waals surface area contributed by atoms with Gasteiger partial charge in [0.2, 0.25) is 5.89 Å². The third-order valence-corrected chi connectivity index (χ3v) is 4.35. The molecule has 2 aromatic heterocycles. The number of carbonyl (C=O) groups excluding carboxylic acids is 1. The largest absolute Gasteiger partial charge is 0.482 e. The Morgan fingerprint density at radius 1 is 1.03 bits per heavy atom. The summed E-state index contributed by atoms with van der Waals surface area (Å²) in [6, 6.07) is 15.6. The zero-order valence-corrected chi connectivity index (χ0v) is 16.3. The minimum atomic E-state index is -0.734. The lowest BCUT2D eigenvalue weighted by molar-refractivity contribution is -0.152. The molecule has 8 heteroatoms. The molecule has 1 unspecified atom stereocenters. The Morgan fingerprint density at radius 3 is 2.60 bits per heavy atom. The van der Waals surface area contributed by atoms with Gasteiger partial charge in [-0.05, 0) is 44.2 Å². The number of aromatic nitrogens is 2. The molecule has 2 aromatic carbocycles. The molecule has 4 rings (SSSR count). The molecule has 0 aliphatic rings. The van der Waals surface area contributed by atoms with Gasteiger partial charge in [-0.2, -0.15) is 0 Å². The molecule has 8 nitrogen and oxygen atoms in total. The molecule has 0 fully saturated rings. The molecular weight excluding hydrogens is 388 g/mol. The summed E-state index contributed by atoms with van der Waals surface area (Å²) in [4.78, 5) is 23.4. The van der Waals surface area contributed by atoms with Gasteiger partial charge in [-0.3, -0.25) is 0 Å². The minimum absolute atomic E-state index is 0.186. The molecule has 2 heterocycles. The van der Waals surface area contributed by atoms with Crippen LogP contribution in [0.25, 0.3) is 22.4 Å². The SMILES string of the molecule is Cc1ccc(-c2nnc(C(C)OC(=O)COc3ccc4ccc(=O)oc4c3)o2)cc1. The van der Waals surface area contributed by atoms with Crippen LogP contribution in [-0.2, 0) is 9.53 Å². The fourth-order valence-electron chi connectivity index (χ4n) is 2.77. The Morgan fingerprint density at radius 2 is 1.80 bits per heavy atom. The second-order valence-electron chi connectivity index (χ2n) is 6.69. The maximum absolute atomic E-state index is 12.1. The minimum Gasteiger partial charge on any atom is -0.482 e. The lowest BCUT2D eigenvalue weighted by atomic mass is 10.1. The first-order valence-electron chi connectivity index (χ1n) is 9.24. The summed E-state index contributed by atoms with van der Waals surface area (Å²) >= 11 is 0. The van der Waals surface area contributed by atoms with Crippen molar-refractivity contribution in [2.45, 2.75) is 20.0 Å². The molecule has 1 atom stereocenters. The van der Waals surface area contributed by atoms with Crippen molar-refractivity contribution in [2.24, 2.45) is 0 Å². The van der Waals surface area contributed by atoms with Gasteiger partial charge in [0.25, 0.3) is 5.89 Å². The van der Waals surface area contributed by atoms with Crippen LogP contribution in [0, 0.1) is 6.92 Å². The van der Waals surface area contributed by atoms with Crippen molar-refractivity contribution >= 4 is 16.9 Å². The van der Waals surface area contributed by atoms with E-state index in [1.54, 1.807) is 31.2 Å². The van der Waals surface area contributed by atoms with Gasteiger partial charge in [0.1, 0.15) is 11.3 Å². The molecule has 152 valence electrons. The smallest absolute Gasteiger partial charge is 0.344 e. The van der Waals surface area contributed by atoms with Gasteiger partial charge in [0.15, 0.2) is 12.7 Å². The van der Waals surface area contributed by atoms with E-state index in [0.29, 0.717) is 17.2 Å². The fraction of sp³-hybridized carbons (Fsp3) is 0.182. The summed E-state index contributed by atoms with van der Waals surface area (Å²) in [6.07, 6.45) is -0.734. The van der Waals surface area contributed by atoms with Crippen molar-refractivity contribution < 1.29 is 23.1 Å². The molecule has 0 radical (unpaired) electrons. The summed E-state index contributed by atoms with van der Waals surface area (Å²) in [5.74, 6) is 0.307. The summed E-state index contributed by atoms with van der Waals surface area (Å²) in [7, 11) is 0. The van der Waals surface area contributed by atoms with Gasteiger partial charge in [-0.1, -0.05) is 17.7 Å². The monoisotopic (exact) mass is 406 g/mol. The van der Waals surface area contributed by atoms with Crippen LogP contribution in [0.3, 0.4) is 0 Å². The molecule has 0 saturated carbocycles. The third kappa shape index (κ3) is 4.38. The first-order valence-corrected chi connectivity index (χ1v) is 9.24. The van der Waals surface area contributed by atoms with Crippen molar-refractivity contribution in [3.05, 3.63) is 76.5 Å². The van der Waals surface area contributed by atoms with Crippen LogP contribution >= 0.6 is 0 Å². The first-order chi connectivity index (χ1) is 14.5. The van der Waals surface area contributed by atoms with Crippen LogP contribution in [-0.4, -0.2) is 22.8 Å². The molecule has 0 N–H and O–H groups in total.